The first-order valence-corrected chi connectivity index (χ1v) is 5.91. The number of nitrogens with zero attached hydrogens (tertiary/aromatic N) is 2. The number of rotatable bonds is 3. The Morgan fingerprint density at radius 1 is 1.28 bits per heavy atom. The van der Waals surface area contributed by atoms with Gasteiger partial charge in [0, 0.05) is 12.3 Å². The number of hydrogen-bond acceptors (Lipinski definition) is 5. The third kappa shape index (κ3) is 2.87. The second-order valence-electron chi connectivity index (χ2n) is 3.17. The minimum atomic E-state index is -0.858. The summed E-state index contributed by atoms with van der Waals surface area (Å²) in [4.78, 5) is 7.68. The van der Waals surface area contributed by atoms with Gasteiger partial charge in [0.05, 0.1) is 5.02 Å². The zero-order valence-corrected chi connectivity index (χ0v) is 10.4. The van der Waals surface area contributed by atoms with Crippen LogP contribution in [0.25, 0.3) is 0 Å². The van der Waals surface area contributed by atoms with E-state index in [4.69, 9.17) is 17.4 Å². The van der Waals surface area contributed by atoms with E-state index >= 15 is 0 Å². The van der Waals surface area contributed by atoms with Crippen molar-refractivity contribution in [3.63, 3.8) is 0 Å². The first-order valence-electron chi connectivity index (χ1n) is 4.72. The molecular weight excluding hydrogens is 282 g/mol. The molecule has 4 nitrogen and oxygen atoms in total. The molecule has 0 radical (unpaired) electrons. The number of hydrazine groups is 1. The summed E-state index contributed by atoms with van der Waals surface area (Å²) >= 11 is 6.62. The average Bonchev–Trinajstić information content (AvgIpc) is 2.35. The lowest BCUT2D eigenvalue weighted by molar-refractivity contribution is 0.551. The van der Waals surface area contributed by atoms with Gasteiger partial charge >= 0.3 is 0 Å². The van der Waals surface area contributed by atoms with E-state index < -0.39 is 11.6 Å². The number of halogens is 3. The Kier molecular flexibility index (Phi) is 3.95. The van der Waals surface area contributed by atoms with Crippen molar-refractivity contribution in [2.75, 3.05) is 5.43 Å². The summed E-state index contributed by atoms with van der Waals surface area (Å²) in [6, 6.07) is 3.92. The molecular formula is C10H7ClF2N4S. The molecule has 0 atom stereocenters. The summed E-state index contributed by atoms with van der Waals surface area (Å²) in [5.41, 5.74) is 2.05. The van der Waals surface area contributed by atoms with Gasteiger partial charge in [0.2, 0.25) is 0 Å². The highest BCUT2D eigenvalue weighted by Gasteiger charge is 2.12. The fourth-order valence-corrected chi connectivity index (χ4v) is 1.99. The van der Waals surface area contributed by atoms with Crippen LogP contribution in [0.15, 0.2) is 34.4 Å². The zero-order valence-electron chi connectivity index (χ0n) is 8.82. The molecule has 0 aliphatic rings. The lowest BCUT2D eigenvalue weighted by Gasteiger charge is -2.05. The summed E-state index contributed by atoms with van der Waals surface area (Å²) in [7, 11) is 0. The summed E-state index contributed by atoms with van der Waals surface area (Å²) in [5, 5.41) is 0.927. The van der Waals surface area contributed by atoms with E-state index in [-0.39, 0.29) is 10.8 Å². The van der Waals surface area contributed by atoms with Crippen LogP contribution < -0.4 is 11.3 Å². The van der Waals surface area contributed by atoms with Crippen LogP contribution in [0.1, 0.15) is 0 Å². The monoisotopic (exact) mass is 288 g/mol. The number of anilines is 1. The van der Waals surface area contributed by atoms with Gasteiger partial charge in [-0.2, -0.15) is 0 Å². The first kappa shape index (κ1) is 13.0. The van der Waals surface area contributed by atoms with Gasteiger partial charge in [-0.1, -0.05) is 11.6 Å². The number of hydrogen-bond donors (Lipinski definition) is 2. The Labute approximate surface area is 111 Å². The second-order valence-corrected chi connectivity index (χ2v) is 4.61. The summed E-state index contributed by atoms with van der Waals surface area (Å²) in [6.45, 7) is 0. The SMILES string of the molecule is NNc1nc(Sc2ccc(Cl)cn2)c(F)cc1F. The van der Waals surface area contributed by atoms with Gasteiger partial charge in [-0.05, 0) is 23.9 Å². The van der Waals surface area contributed by atoms with Gasteiger partial charge < -0.3 is 5.43 Å². The molecule has 94 valence electrons. The summed E-state index contributed by atoms with van der Waals surface area (Å²) in [6.07, 6.45) is 1.42. The van der Waals surface area contributed by atoms with Crippen molar-refractivity contribution >= 4 is 29.2 Å². The maximum absolute atomic E-state index is 13.5. The predicted molar refractivity (Wildman–Crippen MR) is 65.3 cm³/mol. The van der Waals surface area contributed by atoms with Crippen molar-refractivity contribution in [2.45, 2.75) is 10.1 Å². The van der Waals surface area contributed by atoms with Crippen molar-refractivity contribution in [3.8, 4) is 0 Å². The van der Waals surface area contributed by atoms with Crippen molar-refractivity contribution in [2.24, 2.45) is 5.84 Å². The molecule has 2 aromatic heterocycles. The fourth-order valence-electron chi connectivity index (χ4n) is 1.14. The molecule has 0 saturated carbocycles. The highest BCUT2D eigenvalue weighted by Crippen LogP contribution is 2.29. The standard InChI is InChI=1S/C10H7ClF2N4S/c11-5-1-2-8(15-4-5)18-10-7(13)3-6(12)9(16-10)17-14/h1-4H,14H2,(H,16,17). The Bertz CT molecular complexity index is 565. The van der Waals surface area contributed by atoms with E-state index in [9.17, 15) is 8.78 Å². The largest absolute Gasteiger partial charge is 0.306 e. The van der Waals surface area contributed by atoms with Crippen LogP contribution in [-0.4, -0.2) is 9.97 Å². The van der Waals surface area contributed by atoms with Crippen molar-refractivity contribution < 1.29 is 8.78 Å². The molecule has 0 bridgehead atoms. The lowest BCUT2D eigenvalue weighted by Crippen LogP contribution is -2.11. The smallest absolute Gasteiger partial charge is 0.177 e. The number of nitrogens with one attached hydrogen (secondary N) is 1. The molecule has 3 N–H and O–H groups in total. The van der Waals surface area contributed by atoms with Crippen LogP contribution in [0, 0.1) is 11.6 Å². The minimum absolute atomic E-state index is 0.0285. The molecule has 0 saturated heterocycles. The molecule has 0 fully saturated rings. The topological polar surface area (TPSA) is 63.8 Å². The molecule has 2 heterocycles. The summed E-state index contributed by atoms with van der Waals surface area (Å²) in [5.74, 6) is 3.19. The third-order valence-electron chi connectivity index (χ3n) is 1.94. The van der Waals surface area contributed by atoms with E-state index in [0.29, 0.717) is 16.1 Å². The molecule has 0 amide bonds. The van der Waals surface area contributed by atoms with Gasteiger partial charge in [-0.3, -0.25) is 0 Å². The predicted octanol–water partition coefficient (Wildman–Crippen LogP) is 2.85. The fraction of sp³-hybridized carbons (Fsp3) is 0. The molecule has 0 aliphatic carbocycles. The van der Waals surface area contributed by atoms with Crippen LogP contribution in [0.5, 0.6) is 0 Å². The second kappa shape index (κ2) is 5.47. The van der Waals surface area contributed by atoms with E-state index in [1.807, 2.05) is 0 Å². The number of aromatic nitrogens is 2. The molecule has 0 unspecified atom stereocenters. The number of nitrogens with two attached hydrogens (primary N) is 1. The average molecular weight is 289 g/mol. The normalized spacial score (nSPS) is 10.4. The molecule has 8 heteroatoms. The Morgan fingerprint density at radius 3 is 2.67 bits per heavy atom. The van der Waals surface area contributed by atoms with Crippen LogP contribution in [0.4, 0.5) is 14.6 Å². The van der Waals surface area contributed by atoms with Gasteiger partial charge in [0.1, 0.15) is 10.1 Å². The highest BCUT2D eigenvalue weighted by atomic mass is 35.5. The number of pyridine rings is 2. The van der Waals surface area contributed by atoms with E-state index in [1.54, 1.807) is 12.1 Å². The maximum Gasteiger partial charge on any atom is 0.177 e. The van der Waals surface area contributed by atoms with E-state index in [1.165, 1.54) is 6.20 Å². The Morgan fingerprint density at radius 2 is 2.06 bits per heavy atom. The number of nitrogen functional groups attached to an aromatic ring is 1. The first-order chi connectivity index (χ1) is 8.60. The van der Waals surface area contributed by atoms with Crippen LogP contribution in [0.3, 0.4) is 0 Å². The highest BCUT2D eigenvalue weighted by molar-refractivity contribution is 7.99. The third-order valence-corrected chi connectivity index (χ3v) is 3.09. The van der Waals surface area contributed by atoms with Crippen LogP contribution in [0.2, 0.25) is 5.02 Å². The molecule has 0 aliphatic heterocycles. The summed E-state index contributed by atoms with van der Waals surface area (Å²) < 4.78 is 26.6. The molecule has 0 aromatic carbocycles. The van der Waals surface area contributed by atoms with Crippen molar-refractivity contribution in [1.82, 2.24) is 9.97 Å². The Hall–Kier alpha value is -1.44. The maximum atomic E-state index is 13.5. The minimum Gasteiger partial charge on any atom is -0.306 e. The van der Waals surface area contributed by atoms with E-state index in [2.05, 4.69) is 15.4 Å². The molecule has 2 aromatic rings. The van der Waals surface area contributed by atoms with Gasteiger partial charge in [0.25, 0.3) is 0 Å². The van der Waals surface area contributed by atoms with Gasteiger partial charge in [0.15, 0.2) is 17.5 Å². The van der Waals surface area contributed by atoms with Crippen LogP contribution in [-0.2, 0) is 0 Å². The van der Waals surface area contributed by atoms with Crippen LogP contribution >= 0.6 is 23.4 Å². The Balaban J connectivity index is 2.31. The van der Waals surface area contributed by atoms with Gasteiger partial charge in [-0.25, -0.2) is 24.6 Å². The van der Waals surface area contributed by atoms with Gasteiger partial charge in [-0.15, -0.1) is 0 Å². The molecule has 18 heavy (non-hydrogen) atoms. The van der Waals surface area contributed by atoms with Crippen molar-refractivity contribution in [3.05, 3.63) is 41.1 Å². The lowest BCUT2D eigenvalue weighted by atomic mass is 10.4. The van der Waals surface area contributed by atoms with Crippen molar-refractivity contribution in [1.29, 1.82) is 0 Å². The molecule has 2 rings (SSSR count). The zero-order chi connectivity index (χ0) is 13.1. The molecule has 0 spiro atoms. The van der Waals surface area contributed by atoms with E-state index in [0.717, 1.165) is 11.8 Å². The quantitative estimate of drug-likeness (QED) is 0.672.